The average molecular weight is 496 g/mol. The summed E-state index contributed by atoms with van der Waals surface area (Å²) >= 11 is 0. The van der Waals surface area contributed by atoms with Gasteiger partial charge in [-0.05, 0) is 48.8 Å². The fraction of sp³-hybridized carbons (Fsp3) is 0.556. The first-order valence-electron chi connectivity index (χ1n) is 12.9. The van der Waals surface area contributed by atoms with E-state index in [4.69, 9.17) is 10.7 Å². The van der Waals surface area contributed by atoms with E-state index in [1.165, 1.54) is 10.5 Å². The van der Waals surface area contributed by atoms with Gasteiger partial charge in [0, 0.05) is 38.9 Å². The first-order valence-corrected chi connectivity index (χ1v) is 12.9. The Morgan fingerprint density at radius 1 is 1.17 bits per heavy atom. The zero-order valence-electron chi connectivity index (χ0n) is 22.3. The molecule has 2 aromatic rings. The number of carbonyl (C=O) groups excluding carboxylic acids is 2. The van der Waals surface area contributed by atoms with Crippen LogP contribution in [0.15, 0.2) is 30.5 Å². The number of nitrogens with one attached hydrogen (secondary N) is 2. The number of aromatic nitrogens is 2. The minimum absolute atomic E-state index is 0.00997. The molecule has 1 aliphatic rings. The lowest BCUT2D eigenvalue weighted by Crippen LogP contribution is -2.50. The van der Waals surface area contributed by atoms with Crippen molar-refractivity contribution in [3.05, 3.63) is 41.7 Å². The predicted molar refractivity (Wildman–Crippen MR) is 145 cm³/mol. The standard InChI is InChI=1S/C27H41N7O2/c1-6-14-27(3,15-7-2)19-10-12-20(13-11-19)30-25-23(24(28)35)29-17-22(32-25)34-16-8-9-21(18-34)31-26(36)33(4)5/h10-13,17,21H,6-9,14-16,18H2,1-5H3,(H2,28,35)(H,30,32)(H,31,36). The zero-order chi connectivity index (χ0) is 26.3. The molecule has 196 valence electrons. The summed E-state index contributed by atoms with van der Waals surface area (Å²) < 4.78 is 0. The molecule has 0 radical (unpaired) electrons. The quantitative estimate of drug-likeness (QED) is 0.449. The third-order valence-electron chi connectivity index (χ3n) is 6.92. The smallest absolute Gasteiger partial charge is 0.317 e. The van der Waals surface area contributed by atoms with Crippen LogP contribution in [0.2, 0.25) is 0 Å². The van der Waals surface area contributed by atoms with E-state index in [2.05, 4.69) is 53.4 Å². The highest BCUT2D eigenvalue weighted by Gasteiger charge is 2.26. The van der Waals surface area contributed by atoms with E-state index in [-0.39, 0.29) is 23.2 Å². The van der Waals surface area contributed by atoms with Gasteiger partial charge in [-0.25, -0.2) is 14.8 Å². The summed E-state index contributed by atoms with van der Waals surface area (Å²) in [4.78, 5) is 36.8. The third kappa shape index (κ3) is 6.65. The number of primary amides is 1. The number of urea groups is 1. The van der Waals surface area contributed by atoms with Crippen molar-refractivity contribution >= 4 is 29.3 Å². The van der Waals surface area contributed by atoms with Gasteiger partial charge in [-0.3, -0.25) is 4.79 Å². The average Bonchev–Trinajstić information content (AvgIpc) is 2.84. The fourth-order valence-corrected chi connectivity index (χ4v) is 5.02. The minimum Gasteiger partial charge on any atom is -0.364 e. The molecule has 3 amide bonds. The van der Waals surface area contributed by atoms with E-state index in [0.29, 0.717) is 18.2 Å². The van der Waals surface area contributed by atoms with Gasteiger partial charge in [0.05, 0.1) is 6.20 Å². The number of amides is 3. The third-order valence-corrected chi connectivity index (χ3v) is 6.92. The molecule has 0 aliphatic carbocycles. The van der Waals surface area contributed by atoms with Gasteiger partial charge < -0.3 is 26.2 Å². The molecule has 1 atom stereocenters. The zero-order valence-corrected chi connectivity index (χ0v) is 22.3. The second-order valence-corrected chi connectivity index (χ2v) is 10.2. The number of carbonyl (C=O) groups is 2. The number of anilines is 3. The van der Waals surface area contributed by atoms with Crippen molar-refractivity contribution in [2.75, 3.05) is 37.4 Å². The number of rotatable bonds is 10. The number of piperidine rings is 1. The van der Waals surface area contributed by atoms with Gasteiger partial charge in [0.15, 0.2) is 11.5 Å². The molecular formula is C27H41N7O2. The molecule has 1 aromatic carbocycles. The highest BCUT2D eigenvalue weighted by atomic mass is 16.2. The van der Waals surface area contributed by atoms with Gasteiger partial charge >= 0.3 is 6.03 Å². The number of nitrogens with zero attached hydrogens (tertiary/aromatic N) is 4. The van der Waals surface area contributed by atoms with E-state index in [1.807, 2.05) is 12.1 Å². The van der Waals surface area contributed by atoms with Crippen molar-refractivity contribution in [3.8, 4) is 0 Å². The molecule has 1 aromatic heterocycles. The van der Waals surface area contributed by atoms with Gasteiger partial charge in [0.2, 0.25) is 0 Å². The maximum absolute atomic E-state index is 12.1. The number of benzene rings is 1. The Morgan fingerprint density at radius 2 is 1.83 bits per heavy atom. The Hall–Kier alpha value is -3.36. The fourth-order valence-electron chi connectivity index (χ4n) is 5.02. The SMILES string of the molecule is CCCC(C)(CCC)c1ccc(Nc2nc(N3CCCC(NC(=O)N(C)C)C3)cnc2C(N)=O)cc1. The molecule has 0 spiro atoms. The van der Waals surface area contributed by atoms with E-state index >= 15 is 0 Å². The largest absolute Gasteiger partial charge is 0.364 e. The molecule has 4 N–H and O–H groups in total. The molecule has 9 heteroatoms. The van der Waals surface area contributed by atoms with Crippen LogP contribution in [0, 0.1) is 0 Å². The first kappa shape index (κ1) is 27.2. The van der Waals surface area contributed by atoms with E-state index in [9.17, 15) is 9.59 Å². The first-order chi connectivity index (χ1) is 17.2. The maximum Gasteiger partial charge on any atom is 0.317 e. The monoisotopic (exact) mass is 495 g/mol. The Labute approximate surface area is 214 Å². The van der Waals surface area contributed by atoms with Gasteiger partial charge in [-0.2, -0.15) is 0 Å². The molecule has 1 unspecified atom stereocenters. The van der Waals surface area contributed by atoms with Crippen molar-refractivity contribution in [3.63, 3.8) is 0 Å². The molecule has 1 fully saturated rings. The Kier molecular flexibility index (Phi) is 9.12. The molecule has 3 rings (SSSR count). The normalized spacial score (nSPS) is 15.9. The van der Waals surface area contributed by atoms with Crippen LogP contribution in [-0.2, 0) is 5.41 Å². The van der Waals surface area contributed by atoms with Gasteiger partial charge in [-0.15, -0.1) is 0 Å². The Balaban J connectivity index is 1.81. The summed E-state index contributed by atoms with van der Waals surface area (Å²) in [7, 11) is 3.45. The number of nitrogens with two attached hydrogens (primary N) is 1. The molecular weight excluding hydrogens is 454 g/mol. The molecule has 0 saturated carbocycles. The van der Waals surface area contributed by atoms with Crippen molar-refractivity contribution < 1.29 is 9.59 Å². The summed E-state index contributed by atoms with van der Waals surface area (Å²) in [6, 6.07) is 8.24. The van der Waals surface area contributed by atoms with Crippen LogP contribution in [-0.4, -0.2) is 60.0 Å². The van der Waals surface area contributed by atoms with E-state index < -0.39 is 5.91 Å². The van der Waals surface area contributed by atoms with Crippen LogP contribution in [0.25, 0.3) is 0 Å². The van der Waals surface area contributed by atoms with Gasteiger partial charge in [0.25, 0.3) is 5.91 Å². The minimum atomic E-state index is -0.638. The lowest BCUT2D eigenvalue weighted by molar-refractivity contribution is 0.0996. The summed E-state index contributed by atoms with van der Waals surface area (Å²) in [6.07, 6.45) is 7.93. The summed E-state index contributed by atoms with van der Waals surface area (Å²) in [5.41, 5.74) is 7.97. The Bertz CT molecular complexity index is 1030. The molecule has 36 heavy (non-hydrogen) atoms. The Morgan fingerprint density at radius 3 is 2.42 bits per heavy atom. The van der Waals surface area contributed by atoms with Crippen LogP contribution in [0.3, 0.4) is 0 Å². The van der Waals surface area contributed by atoms with Crippen LogP contribution < -0.4 is 21.3 Å². The van der Waals surface area contributed by atoms with Crippen molar-refractivity contribution in [1.82, 2.24) is 20.2 Å². The van der Waals surface area contributed by atoms with Gasteiger partial charge in [0.1, 0.15) is 5.82 Å². The lowest BCUT2D eigenvalue weighted by atomic mass is 9.75. The van der Waals surface area contributed by atoms with Crippen molar-refractivity contribution in [2.24, 2.45) is 5.73 Å². The highest BCUT2D eigenvalue weighted by Crippen LogP contribution is 2.35. The molecule has 1 saturated heterocycles. The molecule has 9 nitrogen and oxygen atoms in total. The van der Waals surface area contributed by atoms with Gasteiger partial charge in [-0.1, -0.05) is 45.7 Å². The topological polar surface area (TPSA) is 116 Å². The van der Waals surface area contributed by atoms with Crippen molar-refractivity contribution in [2.45, 2.75) is 70.8 Å². The van der Waals surface area contributed by atoms with Crippen LogP contribution in [0.5, 0.6) is 0 Å². The van der Waals surface area contributed by atoms with Crippen LogP contribution in [0.1, 0.15) is 75.3 Å². The molecule has 0 bridgehead atoms. The molecule has 1 aliphatic heterocycles. The molecule has 2 heterocycles. The summed E-state index contributed by atoms with van der Waals surface area (Å²) in [5, 5.41) is 6.30. The second kappa shape index (κ2) is 12.1. The van der Waals surface area contributed by atoms with Crippen LogP contribution >= 0.6 is 0 Å². The second-order valence-electron chi connectivity index (χ2n) is 10.2. The van der Waals surface area contributed by atoms with Crippen LogP contribution in [0.4, 0.5) is 22.1 Å². The maximum atomic E-state index is 12.1. The van der Waals surface area contributed by atoms with E-state index in [1.54, 1.807) is 20.3 Å². The van der Waals surface area contributed by atoms with E-state index in [0.717, 1.165) is 50.8 Å². The predicted octanol–water partition coefficient (Wildman–Crippen LogP) is 4.42. The highest BCUT2D eigenvalue weighted by molar-refractivity contribution is 5.96. The number of hydrogen-bond donors (Lipinski definition) is 3. The summed E-state index contributed by atoms with van der Waals surface area (Å²) in [6.45, 7) is 8.19. The lowest BCUT2D eigenvalue weighted by Gasteiger charge is -2.34. The summed E-state index contributed by atoms with van der Waals surface area (Å²) in [5.74, 6) is 0.333. The van der Waals surface area contributed by atoms with Crippen molar-refractivity contribution in [1.29, 1.82) is 0 Å². The number of hydrogen-bond acceptors (Lipinski definition) is 6.